The Bertz CT molecular complexity index is 896. The molecule has 0 bridgehead atoms. The number of ketones is 1. The quantitative estimate of drug-likeness (QED) is 0.395. The maximum absolute atomic E-state index is 12.6. The molecule has 0 radical (unpaired) electrons. The van der Waals surface area contributed by atoms with Crippen molar-refractivity contribution in [2.45, 2.75) is 6.42 Å². The van der Waals surface area contributed by atoms with Crippen molar-refractivity contribution in [2.75, 3.05) is 28.3 Å². The van der Waals surface area contributed by atoms with Gasteiger partial charge in [-0.25, -0.2) is 0 Å². The lowest BCUT2D eigenvalue weighted by atomic mass is 10.0. The minimum Gasteiger partial charge on any atom is -0.496 e. The summed E-state index contributed by atoms with van der Waals surface area (Å²) in [7, 11) is 6.53. The van der Waals surface area contributed by atoms with Gasteiger partial charge in [0.25, 0.3) is 5.91 Å². The molecule has 0 aliphatic rings. The van der Waals surface area contributed by atoms with Crippen molar-refractivity contribution in [1.29, 1.82) is 0 Å². The molecule has 2 rings (SSSR count). The second-order valence-corrected chi connectivity index (χ2v) is 6.34. The first-order valence-corrected chi connectivity index (χ1v) is 8.81. The van der Waals surface area contributed by atoms with Crippen molar-refractivity contribution in [3.8, 4) is 11.5 Å². The Morgan fingerprint density at radius 2 is 1.64 bits per heavy atom. The number of amides is 1. The molecule has 0 N–H and O–H groups in total. The first-order chi connectivity index (χ1) is 13.4. The summed E-state index contributed by atoms with van der Waals surface area (Å²) in [4.78, 5) is 26.0. The molecule has 0 atom stereocenters. The van der Waals surface area contributed by atoms with Gasteiger partial charge in [0, 0.05) is 25.2 Å². The van der Waals surface area contributed by atoms with Crippen LogP contribution in [0.1, 0.15) is 31.8 Å². The number of carbonyl (C=O) groups is 2. The molecule has 1 amide bonds. The topological polar surface area (TPSA) is 55.8 Å². The lowest BCUT2D eigenvalue weighted by Gasteiger charge is -2.14. The first kappa shape index (κ1) is 21.0. The van der Waals surface area contributed by atoms with Gasteiger partial charge in [-0.3, -0.25) is 9.59 Å². The number of rotatable bonds is 8. The van der Waals surface area contributed by atoms with Crippen LogP contribution in [0.5, 0.6) is 11.5 Å². The van der Waals surface area contributed by atoms with Crippen LogP contribution in [0, 0.1) is 0 Å². The Morgan fingerprint density at radius 3 is 2.18 bits per heavy atom. The van der Waals surface area contributed by atoms with Crippen molar-refractivity contribution in [3.63, 3.8) is 0 Å². The van der Waals surface area contributed by atoms with Crippen LogP contribution >= 0.6 is 0 Å². The zero-order chi connectivity index (χ0) is 20.7. The average molecular weight is 379 g/mol. The largest absolute Gasteiger partial charge is 0.496 e. The third kappa shape index (κ3) is 4.68. The van der Waals surface area contributed by atoms with Gasteiger partial charge in [-0.2, -0.15) is 0 Å². The molecule has 0 aliphatic carbocycles. The Balaban J connectivity index is 2.32. The zero-order valence-corrected chi connectivity index (χ0v) is 16.7. The second-order valence-electron chi connectivity index (χ2n) is 6.34. The monoisotopic (exact) mass is 379 g/mol. The van der Waals surface area contributed by atoms with Gasteiger partial charge < -0.3 is 14.4 Å². The molecule has 146 valence electrons. The molecule has 0 saturated carbocycles. The van der Waals surface area contributed by atoms with Crippen LogP contribution < -0.4 is 9.47 Å². The number of nitrogens with zero attached hydrogens (tertiary/aromatic N) is 1. The SMILES string of the molecule is C=CCc1ccc(OC)c(/C=C/C(=O)c2ccc(C(=O)N(C)C)cc2)c1OC. The van der Waals surface area contributed by atoms with Gasteiger partial charge in [0.15, 0.2) is 5.78 Å². The van der Waals surface area contributed by atoms with Gasteiger partial charge in [0.05, 0.1) is 19.8 Å². The molecule has 0 unspecified atom stereocenters. The van der Waals surface area contributed by atoms with Crippen molar-refractivity contribution in [2.24, 2.45) is 0 Å². The number of carbonyl (C=O) groups excluding carboxylic acids is 2. The molecular weight excluding hydrogens is 354 g/mol. The number of methoxy groups -OCH3 is 2. The first-order valence-electron chi connectivity index (χ1n) is 8.81. The second kappa shape index (κ2) is 9.55. The Hall–Kier alpha value is -3.34. The molecule has 0 heterocycles. The molecule has 0 saturated heterocycles. The predicted octanol–water partition coefficient (Wildman–Crippen LogP) is 4.03. The molecule has 0 fully saturated rings. The highest BCUT2D eigenvalue weighted by Gasteiger charge is 2.13. The van der Waals surface area contributed by atoms with Gasteiger partial charge in [0.2, 0.25) is 0 Å². The third-order valence-corrected chi connectivity index (χ3v) is 4.25. The summed E-state index contributed by atoms with van der Waals surface area (Å²) >= 11 is 0. The predicted molar refractivity (Wildman–Crippen MR) is 111 cm³/mol. The van der Waals surface area contributed by atoms with Crippen LogP contribution in [0.4, 0.5) is 0 Å². The van der Waals surface area contributed by atoms with Crippen LogP contribution in [0.25, 0.3) is 6.08 Å². The molecule has 28 heavy (non-hydrogen) atoms. The van der Waals surface area contributed by atoms with E-state index in [9.17, 15) is 9.59 Å². The van der Waals surface area contributed by atoms with Crippen molar-refractivity contribution in [1.82, 2.24) is 4.90 Å². The molecule has 2 aromatic rings. The average Bonchev–Trinajstić information content (AvgIpc) is 2.71. The van der Waals surface area contributed by atoms with Crippen molar-refractivity contribution in [3.05, 3.63) is 77.4 Å². The Morgan fingerprint density at radius 1 is 1.00 bits per heavy atom. The fourth-order valence-electron chi connectivity index (χ4n) is 2.81. The Labute approximate surface area is 165 Å². The third-order valence-electron chi connectivity index (χ3n) is 4.25. The maximum Gasteiger partial charge on any atom is 0.253 e. The molecule has 0 aromatic heterocycles. The molecular formula is C23H25NO4. The van der Waals surface area contributed by atoms with Gasteiger partial charge in [-0.1, -0.05) is 24.3 Å². The lowest BCUT2D eigenvalue weighted by molar-refractivity contribution is 0.0827. The molecule has 0 aliphatic heterocycles. The van der Waals surface area contributed by atoms with Crippen molar-refractivity contribution >= 4 is 17.8 Å². The summed E-state index contributed by atoms with van der Waals surface area (Å²) < 4.78 is 11.0. The van der Waals surface area contributed by atoms with E-state index in [2.05, 4.69) is 6.58 Å². The van der Waals surface area contributed by atoms with Crippen LogP contribution in [0.2, 0.25) is 0 Å². The highest BCUT2D eigenvalue weighted by Crippen LogP contribution is 2.34. The van der Waals surface area contributed by atoms with E-state index in [1.165, 1.54) is 11.0 Å². The van der Waals surface area contributed by atoms with Crippen molar-refractivity contribution < 1.29 is 19.1 Å². The summed E-state index contributed by atoms with van der Waals surface area (Å²) in [5, 5.41) is 0. The summed E-state index contributed by atoms with van der Waals surface area (Å²) in [5.41, 5.74) is 2.67. The fourth-order valence-corrected chi connectivity index (χ4v) is 2.81. The molecule has 2 aromatic carbocycles. The molecule has 0 spiro atoms. The standard InChI is InChI=1S/C23H25NO4/c1-6-7-17-12-15-21(27-4)19(22(17)28-5)13-14-20(25)16-8-10-18(11-9-16)23(26)24(2)3/h6,8-15H,1,7H2,2-5H3/b14-13+. The minimum atomic E-state index is -0.179. The van der Waals surface area contributed by atoms with Gasteiger partial charge in [-0.15, -0.1) is 6.58 Å². The Kier molecular flexibility index (Phi) is 7.15. The number of ether oxygens (including phenoxy) is 2. The smallest absolute Gasteiger partial charge is 0.253 e. The van der Waals surface area contributed by atoms with Crippen LogP contribution in [-0.2, 0) is 6.42 Å². The highest BCUT2D eigenvalue weighted by molar-refractivity contribution is 6.07. The van der Waals surface area contributed by atoms with E-state index in [0.29, 0.717) is 34.6 Å². The summed E-state index contributed by atoms with van der Waals surface area (Å²) in [6.07, 6.45) is 5.59. The van der Waals surface area contributed by atoms with E-state index < -0.39 is 0 Å². The number of hydrogen-bond donors (Lipinski definition) is 0. The van der Waals surface area contributed by atoms with Gasteiger partial charge in [-0.05, 0) is 42.3 Å². The van der Waals surface area contributed by atoms with E-state index >= 15 is 0 Å². The van der Waals surface area contributed by atoms with E-state index in [0.717, 1.165) is 5.56 Å². The lowest BCUT2D eigenvalue weighted by Crippen LogP contribution is -2.21. The summed E-state index contributed by atoms with van der Waals surface area (Å²) in [5.74, 6) is 0.973. The number of benzene rings is 2. The maximum atomic E-state index is 12.6. The number of allylic oxidation sites excluding steroid dienone is 2. The van der Waals surface area contributed by atoms with Crippen LogP contribution in [-0.4, -0.2) is 44.9 Å². The van der Waals surface area contributed by atoms with E-state index in [4.69, 9.17) is 9.47 Å². The summed E-state index contributed by atoms with van der Waals surface area (Å²) in [6, 6.07) is 10.3. The summed E-state index contributed by atoms with van der Waals surface area (Å²) in [6.45, 7) is 3.76. The minimum absolute atomic E-state index is 0.108. The molecule has 5 heteroatoms. The highest BCUT2D eigenvalue weighted by atomic mass is 16.5. The van der Waals surface area contributed by atoms with Gasteiger partial charge in [0.1, 0.15) is 11.5 Å². The van der Waals surface area contributed by atoms with Gasteiger partial charge >= 0.3 is 0 Å². The van der Waals surface area contributed by atoms with Crippen LogP contribution in [0.3, 0.4) is 0 Å². The number of hydrogen-bond acceptors (Lipinski definition) is 4. The normalized spacial score (nSPS) is 10.6. The van der Waals surface area contributed by atoms with E-state index in [-0.39, 0.29) is 11.7 Å². The zero-order valence-electron chi connectivity index (χ0n) is 16.7. The van der Waals surface area contributed by atoms with Crippen LogP contribution in [0.15, 0.2) is 55.1 Å². The fraction of sp³-hybridized carbons (Fsp3) is 0.217. The van der Waals surface area contributed by atoms with E-state index in [1.807, 2.05) is 12.1 Å². The molecule has 5 nitrogen and oxygen atoms in total. The van der Waals surface area contributed by atoms with E-state index in [1.54, 1.807) is 64.7 Å².